The molecule has 0 amide bonds. The second-order valence-electron chi connectivity index (χ2n) is 8.00. The van der Waals surface area contributed by atoms with E-state index in [1.165, 1.54) is 0 Å². The van der Waals surface area contributed by atoms with Crippen molar-refractivity contribution >= 4 is 6.08 Å². The number of methoxy groups -OCH3 is 1. The van der Waals surface area contributed by atoms with E-state index in [1.807, 2.05) is 37.4 Å². The van der Waals surface area contributed by atoms with E-state index in [9.17, 15) is 5.11 Å². The van der Waals surface area contributed by atoms with Crippen molar-refractivity contribution in [1.82, 2.24) is 15.1 Å². The summed E-state index contributed by atoms with van der Waals surface area (Å²) in [6.07, 6.45) is 4.06. The van der Waals surface area contributed by atoms with Crippen LogP contribution in [0.5, 0.6) is 5.75 Å². The predicted molar refractivity (Wildman–Crippen MR) is 117 cm³/mol. The zero-order valence-electron chi connectivity index (χ0n) is 17.6. The van der Waals surface area contributed by atoms with Gasteiger partial charge in [-0.1, -0.05) is 43.3 Å². The summed E-state index contributed by atoms with van der Waals surface area (Å²) in [4.78, 5) is 4.86. The van der Waals surface area contributed by atoms with E-state index in [1.54, 1.807) is 7.11 Å². The number of hydrogen-bond donors (Lipinski definition) is 2. The molecule has 2 aromatic carbocycles. The van der Waals surface area contributed by atoms with Crippen LogP contribution in [0.4, 0.5) is 0 Å². The minimum atomic E-state index is -1.17. The number of rotatable bonds is 5. The highest BCUT2D eigenvalue weighted by Gasteiger charge is 2.55. The van der Waals surface area contributed by atoms with E-state index in [2.05, 4.69) is 52.4 Å². The number of hydrogen-bond acceptors (Lipinski definition) is 5. The summed E-state index contributed by atoms with van der Waals surface area (Å²) < 4.78 is 5.32. The lowest BCUT2D eigenvalue weighted by atomic mass is 9.74. The largest absolute Gasteiger partial charge is 0.497 e. The van der Waals surface area contributed by atoms with E-state index in [0.717, 1.165) is 55.2 Å². The molecule has 2 aliphatic rings. The molecule has 2 aliphatic heterocycles. The number of benzene rings is 2. The van der Waals surface area contributed by atoms with E-state index < -0.39 is 11.3 Å². The molecule has 0 aromatic heterocycles. The maximum Gasteiger partial charge on any atom is 0.151 e. The Balaban J connectivity index is 1.84. The van der Waals surface area contributed by atoms with Gasteiger partial charge in [-0.05, 0) is 49.0 Å². The van der Waals surface area contributed by atoms with E-state index in [4.69, 9.17) is 4.74 Å². The highest BCUT2D eigenvalue weighted by atomic mass is 16.5. The lowest BCUT2D eigenvalue weighted by Gasteiger charge is -2.56. The topological polar surface area (TPSA) is 48.0 Å². The zero-order valence-corrected chi connectivity index (χ0v) is 17.6. The van der Waals surface area contributed by atoms with Gasteiger partial charge < -0.3 is 20.1 Å². The number of aliphatic hydroxyl groups is 1. The third-order valence-electron chi connectivity index (χ3n) is 6.56. The van der Waals surface area contributed by atoms with Crippen LogP contribution in [0, 0.1) is 0 Å². The van der Waals surface area contributed by atoms with E-state index in [-0.39, 0.29) is 0 Å². The van der Waals surface area contributed by atoms with Crippen LogP contribution < -0.4 is 10.1 Å². The van der Waals surface area contributed by atoms with Gasteiger partial charge in [-0.15, -0.1) is 0 Å². The van der Waals surface area contributed by atoms with Crippen molar-refractivity contribution in [1.29, 1.82) is 0 Å². The fourth-order valence-corrected chi connectivity index (χ4v) is 4.80. The summed E-state index contributed by atoms with van der Waals surface area (Å²) in [5, 5.41) is 15.8. The highest BCUT2D eigenvalue weighted by Crippen LogP contribution is 2.46. The van der Waals surface area contributed by atoms with Gasteiger partial charge in [0.05, 0.1) is 7.11 Å². The first-order valence-corrected chi connectivity index (χ1v) is 10.4. The van der Waals surface area contributed by atoms with Crippen LogP contribution in [0.25, 0.3) is 6.08 Å². The van der Waals surface area contributed by atoms with Crippen LogP contribution >= 0.6 is 0 Å². The van der Waals surface area contributed by atoms with Gasteiger partial charge in [0.2, 0.25) is 0 Å². The molecule has 154 valence electrons. The van der Waals surface area contributed by atoms with Crippen molar-refractivity contribution in [2.45, 2.75) is 25.1 Å². The van der Waals surface area contributed by atoms with Gasteiger partial charge in [0, 0.05) is 31.7 Å². The molecule has 0 spiro atoms. The molecule has 4 rings (SSSR count). The van der Waals surface area contributed by atoms with Crippen LogP contribution in [0.2, 0.25) is 0 Å². The van der Waals surface area contributed by atoms with Crippen LogP contribution in [-0.2, 0) is 11.3 Å². The number of nitrogens with zero attached hydrogens (tertiary/aromatic N) is 2. The zero-order chi connectivity index (χ0) is 20.5. The van der Waals surface area contributed by atoms with Gasteiger partial charge in [0.25, 0.3) is 0 Å². The average molecular weight is 394 g/mol. The van der Waals surface area contributed by atoms with E-state index >= 15 is 0 Å². The molecule has 29 heavy (non-hydrogen) atoms. The molecular weight excluding hydrogens is 362 g/mol. The quantitative estimate of drug-likeness (QED) is 0.818. The van der Waals surface area contributed by atoms with Gasteiger partial charge >= 0.3 is 0 Å². The third kappa shape index (κ3) is 3.23. The second-order valence-corrected chi connectivity index (χ2v) is 8.00. The minimum absolute atomic E-state index is 0.757. The van der Waals surface area contributed by atoms with Crippen molar-refractivity contribution < 1.29 is 9.84 Å². The fraction of sp³-hybridized carbons (Fsp3) is 0.417. The molecule has 5 heteroatoms. The maximum atomic E-state index is 12.2. The Morgan fingerprint density at radius 1 is 1.07 bits per heavy atom. The summed E-state index contributed by atoms with van der Waals surface area (Å²) in [6.45, 7) is 8.93. The molecule has 1 fully saturated rings. The Labute approximate surface area is 173 Å². The molecule has 2 aromatic rings. The molecule has 5 nitrogen and oxygen atoms in total. The molecule has 2 atom stereocenters. The monoisotopic (exact) mass is 393 g/mol. The Hall–Kier alpha value is -2.34. The van der Waals surface area contributed by atoms with Crippen LogP contribution in [0.3, 0.4) is 0 Å². The van der Waals surface area contributed by atoms with Gasteiger partial charge in [-0.25, -0.2) is 0 Å². The molecule has 0 aliphatic carbocycles. The molecule has 2 unspecified atom stereocenters. The Morgan fingerprint density at radius 3 is 2.41 bits per heavy atom. The smallest absolute Gasteiger partial charge is 0.151 e. The number of piperazine rings is 1. The fourth-order valence-electron chi connectivity index (χ4n) is 4.80. The summed E-state index contributed by atoms with van der Waals surface area (Å²) in [6, 6.07) is 16.1. The van der Waals surface area contributed by atoms with Crippen molar-refractivity contribution in [2.75, 3.05) is 39.8 Å². The minimum Gasteiger partial charge on any atom is -0.497 e. The summed E-state index contributed by atoms with van der Waals surface area (Å²) in [5.74, 6) is 0.784. The lowest BCUT2D eigenvalue weighted by molar-refractivity contribution is -0.140. The average Bonchev–Trinajstić information content (AvgIpc) is 2.78. The van der Waals surface area contributed by atoms with Crippen molar-refractivity contribution in [2.24, 2.45) is 0 Å². The van der Waals surface area contributed by atoms with Gasteiger partial charge in [-0.2, -0.15) is 0 Å². The Morgan fingerprint density at radius 2 is 1.76 bits per heavy atom. The maximum absolute atomic E-state index is 12.2. The van der Waals surface area contributed by atoms with Crippen molar-refractivity contribution in [3.05, 3.63) is 71.4 Å². The van der Waals surface area contributed by atoms with Crippen molar-refractivity contribution in [3.8, 4) is 5.75 Å². The molecule has 2 heterocycles. The lowest BCUT2D eigenvalue weighted by Crippen LogP contribution is -2.69. The van der Waals surface area contributed by atoms with Crippen molar-refractivity contribution in [3.63, 3.8) is 0 Å². The van der Waals surface area contributed by atoms with Crippen LogP contribution in [0.15, 0.2) is 54.7 Å². The molecule has 2 N–H and O–H groups in total. The first-order valence-electron chi connectivity index (χ1n) is 10.4. The summed E-state index contributed by atoms with van der Waals surface area (Å²) >= 11 is 0. The first kappa shape index (κ1) is 20.0. The Bertz CT molecular complexity index is 870. The van der Waals surface area contributed by atoms with Gasteiger partial charge in [0.1, 0.15) is 11.4 Å². The number of ether oxygens (including phenoxy) is 1. The number of nitrogens with one attached hydrogen (secondary N) is 1. The van der Waals surface area contributed by atoms with Crippen LogP contribution in [-0.4, -0.2) is 54.7 Å². The highest BCUT2D eigenvalue weighted by molar-refractivity contribution is 5.60. The first-order chi connectivity index (χ1) is 14.0. The molecule has 1 saturated heterocycles. The normalized spacial score (nSPS) is 24.4. The van der Waals surface area contributed by atoms with Gasteiger partial charge in [-0.3, -0.25) is 4.90 Å². The SMILES string of the molecule is CCN1CCN(C2(C(C)(O)c3ccc(OC)cc3)NC=Cc3ccccc32)CC1. The summed E-state index contributed by atoms with van der Waals surface area (Å²) in [7, 11) is 1.66. The Kier molecular flexibility index (Phi) is 5.38. The molecule has 0 bridgehead atoms. The number of likely N-dealkylation sites (N-methyl/N-ethyl adjacent to an activating group) is 1. The molecular formula is C24H31N3O2. The van der Waals surface area contributed by atoms with Crippen LogP contribution in [0.1, 0.15) is 30.5 Å². The summed E-state index contributed by atoms with van der Waals surface area (Å²) in [5.41, 5.74) is 1.17. The third-order valence-corrected chi connectivity index (χ3v) is 6.56. The standard InChI is InChI=1S/C24H31N3O2/c1-4-26-15-17-27(18-16-26)24(22-8-6-5-7-19(22)13-14-25-24)23(2,28)20-9-11-21(29-3)12-10-20/h5-14,25,28H,4,15-18H2,1-3H3. The van der Waals surface area contributed by atoms with E-state index in [0.29, 0.717) is 0 Å². The second kappa shape index (κ2) is 7.82. The van der Waals surface area contributed by atoms with Gasteiger partial charge in [0.15, 0.2) is 5.66 Å². The molecule has 0 saturated carbocycles. The predicted octanol–water partition coefficient (Wildman–Crippen LogP) is 2.97. The molecule has 0 radical (unpaired) electrons. The number of fused-ring (bicyclic) bond motifs is 1.